The molecule has 0 spiro atoms. The van der Waals surface area contributed by atoms with Crippen LogP contribution < -0.4 is 10.6 Å². The third-order valence-electron chi connectivity index (χ3n) is 9.43. The fourth-order valence-electron chi connectivity index (χ4n) is 6.85. The maximum atomic E-state index is 13.5. The number of carbonyl (C=O) groups excluding carboxylic acids is 2. The molecule has 2 amide bonds. The predicted octanol–water partition coefficient (Wildman–Crippen LogP) is 7.12. The summed E-state index contributed by atoms with van der Waals surface area (Å²) in [4.78, 5) is 36.7. The number of likely N-dealkylation sites (tertiary alicyclic amines) is 1. The SMILES string of the molecule is O=C(N[C@@H](C=C1CCC(c2ccccc2CN2CCCC2=O)CC1)Cc1ccc(Cl)cc1)[C@H]1Cc2ccccc2CN1.O=C(O)C(F)(F)F. The molecule has 0 bridgehead atoms. The first kappa shape index (κ1) is 36.1. The predicted molar refractivity (Wildman–Crippen MR) is 182 cm³/mol. The number of benzene rings is 3. The maximum absolute atomic E-state index is 13.5. The highest BCUT2D eigenvalue weighted by Gasteiger charge is 2.38. The summed E-state index contributed by atoms with van der Waals surface area (Å²) in [6, 6.07) is 24.7. The third kappa shape index (κ3) is 10.2. The zero-order chi connectivity index (χ0) is 35.0. The van der Waals surface area contributed by atoms with Crippen molar-refractivity contribution in [2.24, 2.45) is 0 Å². The number of allylic oxidation sites excluding steroid dienone is 1. The lowest BCUT2D eigenvalue weighted by atomic mass is 9.79. The molecule has 1 saturated carbocycles. The molecule has 3 aromatic rings. The van der Waals surface area contributed by atoms with Crippen molar-refractivity contribution in [3.05, 3.63) is 117 Å². The average molecular weight is 696 g/mol. The number of rotatable bonds is 8. The van der Waals surface area contributed by atoms with Crippen molar-refractivity contribution in [1.29, 1.82) is 0 Å². The Kier molecular flexibility index (Phi) is 12.2. The molecule has 7 nitrogen and oxygen atoms in total. The van der Waals surface area contributed by atoms with Crippen molar-refractivity contribution in [2.75, 3.05) is 6.54 Å². The van der Waals surface area contributed by atoms with Crippen LogP contribution in [0, 0.1) is 0 Å². The van der Waals surface area contributed by atoms with E-state index in [1.165, 1.54) is 27.8 Å². The molecule has 1 saturated heterocycles. The quantitative estimate of drug-likeness (QED) is 0.218. The molecule has 2 fully saturated rings. The second-order valence-electron chi connectivity index (χ2n) is 12.9. The van der Waals surface area contributed by atoms with Gasteiger partial charge in [-0.3, -0.25) is 9.59 Å². The fourth-order valence-corrected chi connectivity index (χ4v) is 6.98. The Balaban J connectivity index is 0.000000606. The Hall–Kier alpha value is -4.15. The van der Waals surface area contributed by atoms with E-state index in [0.29, 0.717) is 25.3 Å². The lowest BCUT2D eigenvalue weighted by molar-refractivity contribution is -0.192. The van der Waals surface area contributed by atoms with Crippen molar-refractivity contribution >= 4 is 29.4 Å². The van der Waals surface area contributed by atoms with Gasteiger partial charge in [-0.2, -0.15) is 13.2 Å². The van der Waals surface area contributed by atoms with Gasteiger partial charge in [-0.15, -0.1) is 0 Å². The minimum absolute atomic E-state index is 0.0550. The summed E-state index contributed by atoms with van der Waals surface area (Å²) in [6.45, 7) is 2.31. The van der Waals surface area contributed by atoms with Crippen LogP contribution >= 0.6 is 11.6 Å². The van der Waals surface area contributed by atoms with Crippen molar-refractivity contribution in [2.45, 2.75) is 88.6 Å². The Morgan fingerprint density at radius 2 is 1.63 bits per heavy atom. The number of carboxylic acids is 1. The van der Waals surface area contributed by atoms with Crippen molar-refractivity contribution in [3.8, 4) is 0 Å². The monoisotopic (exact) mass is 695 g/mol. The molecule has 3 N–H and O–H groups in total. The number of hydrogen-bond donors (Lipinski definition) is 3. The lowest BCUT2D eigenvalue weighted by Gasteiger charge is -2.29. The highest BCUT2D eigenvalue weighted by molar-refractivity contribution is 6.30. The van der Waals surface area contributed by atoms with Gasteiger partial charge in [0.1, 0.15) is 0 Å². The molecule has 2 aliphatic heterocycles. The summed E-state index contributed by atoms with van der Waals surface area (Å²) in [6.07, 6.45) is 4.51. The van der Waals surface area contributed by atoms with Gasteiger partial charge in [0, 0.05) is 31.1 Å². The van der Waals surface area contributed by atoms with E-state index in [1.54, 1.807) is 0 Å². The van der Waals surface area contributed by atoms with Crippen LogP contribution in [-0.2, 0) is 40.3 Å². The molecular formula is C38H41ClF3N3O4. The summed E-state index contributed by atoms with van der Waals surface area (Å²) in [5, 5.41) is 14.7. The summed E-state index contributed by atoms with van der Waals surface area (Å²) < 4.78 is 31.7. The van der Waals surface area contributed by atoms with E-state index in [0.717, 1.165) is 62.2 Å². The number of aliphatic carboxylic acids is 1. The van der Waals surface area contributed by atoms with Crippen LogP contribution in [0.3, 0.4) is 0 Å². The molecule has 2 atom stereocenters. The van der Waals surface area contributed by atoms with E-state index < -0.39 is 12.1 Å². The second-order valence-corrected chi connectivity index (χ2v) is 13.3. The second kappa shape index (κ2) is 16.5. The molecule has 3 aromatic carbocycles. The first-order valence-electron chi connectivity index (χ1n) is 16.7. The zero-order valence-electron chi connectivity index (χ0n) is 27.1. The topological polar surface area (TPSA) is 98.7 Å². The minimum Gasteiger partial charge on any atom is -0.475 e. The van der Waals surface area contributed by atoms with Gasteiger partial charge in [0.25, 0.3) is 0 Å². The first-order chi connectivity index (χ1) is 23.5. The van der Waals surface area contributed by atoms with Gasteiger partial charge in [-0.25, -0.2) is 4.79 Å². The number of nitrogens with one attached hydrogen (secondary N) is 2. The van der Waals surface area contributed by atoms with Crippen molar-refractivity contribution < 1.29 is 32.7 Å². The number of alkyl halides is 3. The highest BCUT2D eigenvalue weighted by Crippen LogP contribution is 2.38. The van der Waals surface area contributed by atoms with E-state index in [4.69, 9.17) is 21.5 Å². The number of hydrogen-bond acceptors (Lipinski definition) is 4. The normalized spacial score (nSPS) is 19.7. The van der Waals surface area contributed by atoms with Crippen LogP contribution in [0.15, 0.2) is 84.4 Å². The van der Waals surface area contributed by atoms with Crippen LogP contribution in [0.1, 0.15) is 72.3 Å². The molecular weight excluding hydrogens is 655 g/mol. The molecule has 2 heterocycles. The van der Waals surface area contributed by atoms with E-state index in [9.17, 15) is 22.8 Å². The van der Waals surface area contributed by atoms with Gasteiger partial charge in [-0.05, 0) is 90.8 Å². The van der Waals surface area contributed by atoms with Crippen LogP contribution in [0.5, 0.6) is 0 Å². The third-order valence-corrected chi connectivity index (χ3v) is 9.68. The Labute approximate surface area is 289 Å². The van der Waals surface area contributed by atoms with Gasteiger partial charge in [0.05, 0.1) is 12.1 Å². The fraction of sp³-hybridized carbons (Fsp3) is 0.395. The molecule has 6 rings (SSSR count). The van der Waals surface area contributed by atoms with Crippen LogP contribution in [0.25, 0.3) is 0 Å². The Morgan fingerprint density at radius 1 is 0.980 bits per heavy atom. The van der Waals surface area contributed by atoms with E-state index in [2.05, 4.69) is 59.2 Å². The number of halogens is 4. The lowest BCUT2D eigenvalue weighted by Crippen LogP contribution is -2.50. The average Bonchev–Trinajstić information content (AvgIpc) is 3.49. The molecule has 3 aliphatic rings. The Morgan fingerprint density at radius 3 is 2.29 bits per heavy atom. The van der Waals surface area contributed by atoms with Gasteiger partial charge < -0.3 is 20.6 Å². The van der Waals surface area contributed by atoms with Crippen molar-refractivity contribution in [3.63, 3.8) is 0 Å². The molecule has 0 aromatic heterocycles. The van der Waals surface area contributed by atoms with Gasteiger partial charge in [0.15, 0.2) is 0 Å². The molecule has 0 radical (unpaired) electrons. The zero-order valence-corrected chi connectivity index (χ0v) is 27.9. The standard InChI is InChI=1S/C36H40ClN3O2.C2HF3O2/c37-31-17-13-26(14-18-31)21-32(39-36(42)34-22-28-6-1-2-7-29(28)23-38-34)20-25-11-15-27(16-12-25)33-9-4-3-8-30(33)24-40-19-5-10-35(40)41;3-2(4,5)1(6)7/h1-4,6-9,13-14,17-18,20,27,32,34,38H,5,10-12,15-16,19,21-24H2,(H,39,42);(H,6,7)/t27?,32-,34+;/m0./s1. The number of carboxylic acid groups (broad SMARTS) is 1. The molecule has 0 unspecified atom stereocenters. The summed E-state index contributed by atoms with van der Waals surface area (Å²) in [5.41, 5.74) is 7.77. The molecule has 1 aliphatic carbocycles. The number of fused-ring (bicyclic) bond motifs is 1. The van der Waals surface area contributed by atoms with Gasteiger partial charge in [0.2, 0.25) is 11.8 Å². The first-order valence-corrected chi connectivity index (χ1v) is 17.0. The largest absolute Gasteiger partial charge is 0.490 e. The van der Waals surface area contributed by atoms with Crippen LogP contribution in [0.4, 0.5) is 13.2 Å². The number of carbonyl (C=O) groups is 3. The van der Waals surface area contributed by atoms with Gasteiger partial charge >= 0.3 is 12.1 Å². The molecule has 260 valence electrons. The summed E-state index contributed by atoms with van der Waals surface area (Å²) in [7, 11) is 0. The number of amides is 2. The molecule has 49 heavy (non-hydrogen) atoms. The van der Waals surface area contributed by atoms with E-state index in [-0.39, 0.29) is 23.9 Å². The molecule has 11 heteroatoms. The van der Waals surface area contributed by atoms with Gasteiger partial charge in [-0.1, -0.05) is 83.9 Å². The van der Waals surface area contributed by atoms with E-state index >= 15 is 0 Å². The van der Waals surface area contributed by atoms with Crippen LogP contribution in [-0.4, -0.2) is 52.6 Å². The summed E-state index contributed by atoms with van der Waals surface area (Å²) in [5.74, 6) is -1.93. The number of nitrogens with zero attached hydrogens (tertiary/aromatic N) is 1. The van der Waals surface area contributed by atoms with Crippen LogP contribution in [0.2, 0.25) is 5.02 Å². The maximum Gasteiger partial charge on any atom is 0.490 e. The smallest absolute Gasteiger partial charge is 0.475 e. The van der Waals surface area contributed by atoms with Crippen molar-refractivity contribution in [1.82, 2.24) is 15.5 Å². The Bertz CT molecular complexity index is 1650. The highest BCUT2D eigenvalue weighted by atomic mass is 35.5. The minimum atomic E-state index is -5.08. The van der Waals surface area contributed by atoms with E-state index in [1.807, 2.05) is 35.2 Å². The summed E-state index contributed by atoms with van der Waals surface area (Å²) >= 11 is 6.15.